The predicted octanol–water partition coefficient (Wildman–Crippen LogP) is 4.99. The van der Waals surface area contributed by atoms with E-state index in [2.05, 4.69) is 71.6 Å². The van der Waals surface area contributed by atoms with Crippen LogP contribution in [0.4, 0.5) is 0 Å². The summed E-state index contributed by atoms with van der Waals surface area (Å²) in [4.78, 5) is 2.72. The fourth-order valence-corrected chi connectivity index (χ4v) is 4.68. The Balaban J connectivity index is 1.38. The van der Waals surface area contributed by atoms with Gasteiger partial charge in [-0.15, -0.1) is 0 Å². The van der Waals surface area contributed by atoms with Crippen molar-refractivity contribution < 1.29 is 0 Å². The van der Waals surface area contributed by atoms with Gasteiger partial charge in [0.05, 0.1) is 0 Å². The van der Waals surface area contributed by atoms with Crippen LogP contribution in [0.2, 0.25) is 0 Å². The van der Waals surface area contributed by atoms with Crippen LogP contribution in [0, 0.1) is 0 Å². The maximum Gasteiger partial charge on any atom is 0.0291 e. The molecule has 2 aliphatic heterocycles. The summed E-state index contributed by atoms with van der Waals surface area (Å²) >= 11 is 0. The largest absolute Gasteiger partial charge is 0.289 e. The minimum absolute atomic E-state index is 0.628. The minimum atomic E-state index is 0.628. The van der Waals surface area contributed by atoms with E-state index in [1.54, 1.807) is 11.1 Å². The molecule has 2 heterocycles. The molecule has 1 heteroatoms. The molecule has 5 rings (SSSR count). The average Bonchev–Trinajstić information content (AvgIpc) is 3.14. The number of nitrogens with zero attached hydrogens (tertiary/aromatic N) is 1. The van der Waals surface area contributed by atoms with E-state index >= 15 is 0 Å². The first-order valence-electron chi connectivity index (χ1n) is 9.16. The van der Waals surface area contributed by atoms with Gasteiger partial charge in [-0.3, -0.25) is 4.90 Å². The van der Waals surface area contributed by atoms with Gasteiger partial charge in [-0.1, -0.05) is 66.7 Å². The molecule has 1 nitrogen and oxygen atoms in total. The summed E-state index contributed by atoms with van der Waals surface area (Å²) in [7, 11) is 0. The topological polar surface area (TPSA) is 3.24 Å². The first-order valence-corrected chi connectivity index (χ1v) is 9.16. The van der Waals surface area contributed by atoms with Crippen molar-refractivity contribution in [2.75, 3.05) is 0 Å². The Kier molecular flexibility index (Phi) is 3.41. The highest BCUT2D eigenvalue weighted by Crippen LogP contribution is 2.40. The second-order valence-corrected chi connectivity index (χ2v) is 7.40. The quantitative estimate of drug-likeness (QED) is 0.771. The van der Waals surface area contributed by atoms with E-state index in [4.69, 9.17) is 0 Å². The molecule has 2 unspecified atom stereocenters. The first kappa shape index (κ1) is 14.2. The van der Waals surface area contributed by atoms with Crippen LogP contribution in [-0.4, -0.2) is 17.0 Å². The van der Waals surface area contributed by atoms with Crippen molar-refractivity contribution in [1.82, 2.24) is 4.90 Å². The van der Waals surface area contributed by atoms with Crippen LogP contribution in [0.25, 0.3) is 6.08 Å². The molecular formula is C23H23N. The smallest absolute Gasteiger partial charge is 0.0291 e. The molecule has 0 spiro atoms. The molecule has 0 amide bonds. The lowest BCUT2D eigenvalue weighted by molar-refractivity contribution is 0.196. The summed E-state index contributed by atoms with van der Waals surface area (Å²) in [5, 5.41) is 0. The van der Waals surface area contributed by atoms with E-state index in [0.717, 1.165) is 19.0 Å². The van der Waals surface area contributed by atoms with Gasteiger partial charge >= 0.3 is 0 Å². The van der Waals surface area contributed by atoms with Crippen LogP contribution in [0.1, 0.15) is 36.0 Å². The highest BCUT2D eigenvalue weighted by Gasteiger charge is 2.37. The Morgan fingerprint density at radius 2 is 1.71 bits per heavy atom. The molecule has 1 fully saturated rings. The molecule has 2 bridgehead atoms. The Morgan fingerprint density at radius 1 is 0.875 bits per heavy atom. The first-order chi connectivity index (χ1) is 11.9. The molecule has 2 aromatic carbocycles. The van der Waals surface area contributed by atoms with E-state index in [0.29, 0.717) is 6.04 Å². The molecule has 1 aliphatic carbocycles. The fourth-order valence-electron chi connectivity index (χ4n) is 4.68. The zero-order valence-corrected chi connectivity index (χ0v) is 14.0. The van der Waals surface area contributed by atoms with Gasteiger partial charge in [-0.25, -0.2) is 0 Å². The Morgan fingerprint density at radius 3 is 2.54 bits per heavy atom. The van der Waals surface area contributed by atoms with Crippen molar-refractivity contribution in [3.63, 3.8) is 0 Å². The zero-order chi connectivity index (χ0) is 15.9. The third kappa shape index (κ3) is 2.44. The zero-order valence-electron chi connectivity index (χ0n) is 14.0. The molecule has 0 radical (unpaired) electrons. The van der Waals surface area contributed by atoms with Crippen LogP contribution in [-0.2, 0) is 13.0 Å². The highest BCUT2D eigenvalue weighted by atomic mass is 15.2. The number of allylic oxidation sites excluding steroid dienone is 1. The molecule has 0 saturated carbocycles. The van der Waals surface area contributed by atoms with E-state index in [1.807, 2.05) is 0 Å². The summed E-state index contributed by atoms with van der Waals surface area (Å²) in [5.41, 5.74) is 7.54. The van der Waals surface area contributed by atoms with Gasteiger partial charge in [0, 0.05) is 18.6 Å². The van der Waals surface area contributed by atoms with Crippen LogP contribution in [0.5, 0.6) is 0 Å². The molecule has 3 aliphatic rings. The van der Waals surface area contributed by atoms with Crippen LogP contribution in [0.15, 0.2) is 71.8 Å². The van der Waals surface area contributed by atoms with E-state index in [9.17, 15) is 0 Å². The maximum absolute atomic E-state index is 2.72. The molecule has 0 aromatic heterocycles. The molecule has 120 valence electrons. The Hall–Kier alpha value is -2.12. The fraction of sp³-hybridized carbons (Fsp3) is 0.304. The van der Waals surface area contributed by atoms with E-state index < -0.39 is 0 Å². The number of rotatable bonds is 3. The van der Waals surface area contributed by atoms with Crippen molar-refractivity contribution in [2.45, 2.75) is 44.3 Å². The highest BCUT2D eigenvalue weighted by molar-refractivity contribution is 5.68. The van der Waals surface area contributed by atoms with Gasteiger partial charge in [0.15, 0.2) is 0 Å². The number of fused-ring (bicyclic) bond motifs is 3. The summed E-state index contributed by atoms with van der Waals surface area (Å²) in [6, 6.07) is 21.1. The van der Waals surface area contributed by atoms with Crippen molar-refractivity contribution in [3.05, 3.63) is 88.5 Å². The number of benzene rings is 2. The Labute approximate surface area is 144 Å². The molecule has 2 atom stereocenters. The molecular weight excluding hydrogens is 290 g/mol. The number of hydrogen-bond donors (Lipinski definition) is 0. The lowest BCUT2D eigenvalue weighted by atomic mass is 9.93. The van der Waals surface area contributed by atoms with Crippen molar-refractivity contribution in [3.8, 4) is 0 Å². The standard InChI is InChI=1S/C23H23N/c1-2-6-17(7-3-1)16-24-22-10-11-23(24)15-21(14-22)20-12-18-8-4-5-9-19(18)13-20/h1-9,12,14,22-23H,10-11,13,15-16H2. The molecule has 2 aromatic rings. The normalized spacial score (nSPS) is 25.3. The second kappa shape index (κ2) is 5.75. The molecule has 0 N–H and O–H groups in total. The summed E-state index contributed by atoms with van der Waals surface area (Å²) in [6.45, 7) is 1.10. The van der Waals surface area contributed by atoms with E-state index in [-0.39, 0.29) is 0 Å². The van der Waals surface area contributed by atoms with Gasteiger partial charge in [-0.05, 0) is 53.5 Å². The monoisotopic (exact) mass is 313 g/mol. The number of hydrogen-bond acceptors (Lipinski definition) is 1. The molecule has 1 saturated heterocycles. The van der Waals surface area contributed by atoms with Gasteiger partial charge in [0.2, 0.25) is 0 Å². The van der Waals surface area contributed by atoms with Gasteiger partial charge in [0.25, 0.3) is 0 Å². The summed E-state index contributed by atoms with van der Waals surface area (Å²) in [6.07, 6.45) is 10.0. The lowest BCUT2D eigenvalue weighted by Gasteiger charge is -2.34. The van der Waals surface area contributed by atoms with Crippen LogP contribution in [0.3, 0.4) is 0 Å². The summed E-state index contributed by atoms with van der Waals surface area (Å²) in [5.74, 6) is 0. The van der Waals surface area contributed by atoms with Gasteiger partial charge in [-0.2, -0.15) is 0 Å². The van der Waals surface area contributed by atoms with Crippen LogP contribution >= 0.6 is 0 Å². The average molecular weight is 313 g/mol. The second-order valence-electron chi connectivity index (χ2n) is 7.40. The van der Waals surface area contributed by atoms with Crippen LogP contribution < -0.4 is 0 Å². The third-order valence-electron chi connectivity index (χ3n) is 5.93. The Bertz CT molecular complexity index is 815. The summed E-state index contributed by atoms with van der Waals surface area (Å²) < 4.78 is 0. The lowest BCUT2D eigenvalue weighted by Crippen LogP contribution is -2.38. The van der Waals surface area contributed by atoms with Gasteiger partial charge < -0.3 is 0 Å². The maximum atomic E-state index is 2.72. The third-order valence-corrected chi connectivity index (χ3v) is 5.93. The predicted molar refractivity (Wildman–Crippen MR) is 99.6 cm³/mol. The van der Waals surface area contributed by atoms with E-state index in [1.165, 1.54) is 36.0 Å². The molecule has 24 heavy (non-hydrogen) atoms. The minimum Gasteiger partial charge on any atom is -0.289 e. The van der Waals surface area contributed by atoms with Crippen molar-refractivity contribution in [1.29, 1.82) is 0 Å². The van der Waals surface area contributed by atoms with Crippen molar-refractivity contribution in [2.24, 2.45) is 0 Å². The van der Waals surface area contributed by atoms with Crippen molar-refractivity contribution >= 4 is 6.08 Å². The van der Waals surface area contributed by atoms with Gasteiger partial charge in [0.1, 0.15) is 0 Å². The SMILES string of the molecule is C1=C(C2=CC3CCC(C2)N3Cc2ccccc2)Cc2ccccc21.